The zero-order valence-corrected chi connectivity index (χ0v) is 14.6. The molecule has 0 aromatic carbocycles. The highest BCUT2D eigenvalue weighted by Crippen LogP contribution is 2.60. The van der Waals surface area contributed by atoms with E-state index < -0.39 is 59.0 Å². The molecule has 0 radical (unpaired) electrons. The lowest BCUT2D eigenvalue weighted by molar-refractivity contribution is -0.467. The van der Waals surface area contributed by atoms with Crippen molar-refractivity contribution in [3.8, 4) is 0 Å². The molecule has 0 aliphatic rings. The van der Waals surface area contributed by atoms with Crippen LogP contribution < -0.4 is 0 Å². The third kappa shape index (κ3) is 4.21. The second kappa shape index (κ2) is 7.68. The summed E-state index contributed by atoms with van der Waals surface area (Å²) in [6, 6.07) is 0. The molecule has 0 unspecified atom stereocenters. The third-order valence-electron chi connectivity index (χ3n) is 3.05. The van der Waals surface area contributed by atoms with Gasteiger partial charge in [-0.05, 0) is 13.8 Å². The molecule has 0 atom stereocenters. The number of alkyl halides is 12. The molecule has 4 nitrogen and oxygen atoms in total. The Bertz CT molecular complexity index is 679. The molecule has 0 bridgehead atoms. The van der Waals surface area contributed by atoms with Gasteiger partial charge in [0.15, 0.2) is 0 Å². The number of rotatable bonds is 9. The minimum atomic E-state index is -8.00. The summed E-state index contributed by atoms with van der Waals surface area (Å²) >= 11 is 0. The Labute approximate surface area is 159 Å². The standard InChI is InChI=1S/C14H10F12O4/c1-5(2)7(27)29-13(23,24)11(19,20)9(15,16)10(17,18)12(21,22)14(25,26)30-8(28)6(3)4/h1,3H2,2,4H3. The lowest BCUT2D eigenvalue weighted by atomic mass is 9.97. The van der Waals surface area contributed by atoms with E-state index in [4.69, 9.17) is 0 Å². The highest BCUT2D eigenvalue weighted by atomic mass is 19.4. The molecule has 0 saturated carbocycles. The van der Waals surface area contributed by atoms with Gasteiger partial charge >= 0.3 is 47.8 Å². The molecule has 0 amide bonds. The number of carbonyl (C=O) groups excluding carboxylic acids is 2. The fourth-order valence-corrected chi connectivity index (χ4v) is 1.30. The van der Waals surface area contributed by atoms with Crippen LogP contribution in [0.4, 0.5) is 52.7 Å². The maximum Gasteiger partial charge on any atom is 0.473 e. The zero-order valence-electron chi connectivity index (χ0n) is 14.6. The molecule has 0 N–H and O–H groups in total. The van der Waals surface area contributed by atoms with Crippen LogP contribution in [-0.4, -0.2) is 47.8 Å². The highest BCUT2D eigenvalue weighted by molar-refractivity contribution is 5.87. The van der Waals surface area contributed by atoms with Gasteiger partial charge in [0, 0.05) is 11.1 Å². The molecule has 0 rings (SSSR count). The number of esters is 2. The van der Waals surface area contributed by atoms with Gasteiger partial charge in [-0.25, -0.2) is 9.59 Å². The van der Waals surface area contributed by atoms with Crippen molar-refractivity contribution in [1.82, 2.24) is 0 Å². The molecule has 0 spiro atoms. The van der Waals surface area contributed by atoms with Gasteiger partial charge in [0.1, 0.15) is 0 Å². The smallest absolute Gasteiger partial charge is 0.393 e. The van der Waals surface area contributed by atoms with E-state index in [0.29, 0.717) is 13.8 Å². The van der Waals surface area contributed by atoms with Crippen molar-refractivity contribution in [1.29, 1.82) is 0 Å². The predicted molar refractivity (Wildman–Crippen MR) is 71.5 cm³/mol. The maximum absolute atomic E-state index is 13.5. The zero-order chi connectivity index (χ0) is 24.7. The minimum absolute atomic E-state index is 0.522. The van der Waals surface area contributed by atoms with E-state index >= 15 is 0 Å². The van der Waals surface area contributed by atoms with Crippen LogP contribution >= 0.6 is 0 Å². The van der Waals surface area contributed by atoms with Gasteiger partial charge in [0.25, 0.3) is 0 Å². The van der Waals surface area contributed by atoms with Crippen LogP contribution in [0.5, 0.6) is 0 Å². The number of ether oxygens (including phenoxy) is 2. The normalized spacial score (nSPS) is 14.2. The van der Waals surface area contributed by atoms with Crippen molar-refractivity contribution in [3.05, 3.63) is 24.3 Å². The Morgan fingerprint density at radius 3 is 0.900 bits per heavy atom. The molecule has 0 aliphatic carbocycles. The lowest BCUT2D eigenvalue weighted by Crippen LogP contribution is -2.71. The summed E-state index contributed by atoms with van der Waals surface area (Å²) in [6.07, 6.45) is -13.8. The van der Waals surface area contributed by atoms with E-state index in [1.54, 1.807) is 0 Å². The summed E-state index contributed by atoms with van der Waals surface area (Å²) in [6.45, 7) is 6.21. The average molecular weight is 470 g/mol. The van der Waals surface area contributed by atoms with E-state index in [-0.39, 0.29) is 0 Å². The van der Waals surface area contributed by atoms with E-state index in [9.17, 15) is 62.3 Å². The van der Waals surface area contributed by atoms with Crippen LogP contribution in [-0.2, 0) is 19.1 Å². The van der Waals surface area contributed by atoms with Gasteiger partial charge in [0.05, 0.1) is 0 Å². The molecule has 0 heterocycles. The molecule has 0 aliphatic heterocycles. The van der Waals surface area contributed by atoms with Crippen LogP contribution in [0.3, 0.4) is 0 Å². The Kier molecular flexibility index (Phi) is 7.06. The van der Waals surface area contributed by atoms with Gasteiger partial charge in [-0.1, -0.05) is 13.2 Å². The average Bonchev–Trinajstić information content (AvgIpc) is 2.52. The van der Waals surface area contributed by atoms with Crippen LogP contribution in [0.1, 0.15) is 13.8 Å². The summed E-state index contributed by atoms with van der Waals surface area (Å²) in [5, 5.41) is 0. The fraction of sp³-hybridized carbons (Fsp3) is 0.571. The quantitative estimate of drug-likeness (QED) is 0.272. The number of carbonyl (C=O) groups is 2. The lowest BCUT2D eigenvalue weighted by Gasteiger charge is -2.39. The van der Waals surface area contributed by atoms with Crippen molar-refractivity contribution in [2.24, 2.45) is 0 Å². The Morgan fingerprint density at radius 1 is 0.533 bits per heavy atom. The van der Waals surface area contributed by atoms with Gasteiger partial charge in [0.2, 0.25) is 0 Å². The van der Waals surface area contributed by atoms with E-state index in [2.05, 4.69) is 22.6 Å². The summed E-state index contributed by atoms with van der Waals surface area (Å²) < 4.78 is 166. The SMILES string of the molecule is C=C(C)C(=O)OC(F)(F)C(F)(F)C(F)(F)C(F)(F)C(F)(F)C(F)(F)OC(=O)C(=C)C. The molecule has 0 saturated heterocycles. The van der Waals surface area contributed by atoms with Gasteiger partial charge < -0.3 is 9.47 Å². The predicted octanol–water partition coefficient (Wildman–Crippen LogP) is 4.95. The van der Waals surface area contributed by atoms with Crippen molar-refractivity contribution in [3.63, 3.8) is 0 Å². The van der Waals surface area contributed by atoms with Gasteiger partial charge in [-0.2, -0.15) is 52.7 Å². The second-order valence-corrected chi connectivity index (χ2v) is 5.67. The molecule has 0 aromatic heterocycles. The number of hydrogen-bond donors (Lipinski definition) is 0. The fourth-order valence-electron chi connectivity index (χ4n) is 1.30. The van der Waals surface area contributed by atoms with Crippen molar-refractivity contribution in [2.45, 2.75) is 49.8 Å². The molecule has 0 fully saturated rings. The first-order valence-electron chi connectivity index (χ1n) is 6.95. The summed E-state index contributed by atoms with van der Waals surface area (Å²) in [7, 11) is 0. The number of halogens is 12. The molecule has 0 aromatic rings. The Hall–Kier alpha value is -2.42. The summed E-state index contributed by atoms with van der Waals surface area (Å²) in [5.41, 5.74) is -2.27. The molecule has 30 heavy (non-hydrogen) atoms. The van der Waals surface area contributed by atoms with Crippen molar-refractivity contribution in [2.75, 3.05) is 0 Å². The summed E-state index contributed by atoms with van der Waals surface area (Å²) in [4.78, 5) is 21.6. The first-order chi connectivity index (χ1) is 12.9. The topological polar surface area (TPSA) is 52.6 Å². The van der Waals surface area contributed by atoms with Crippen molar-refractivity contribution < 1.29 is 71.7 Å². The van der Waals surface area contributed by atoms with Crippen LogP contribution in [0.15, 0.2) is 24.3 Å². The highest BCUT2D eigenvalue weighted by Gasteiger charge is 2.92. The van der Waals surface area contributed by atoms with Crippen LogP contribution in [0.25, 0.3) is 0 Å². The van der Waals surface area contributed by atoms with E-state index in [0.717, 1.165) is 0 Å². The van der Waals surface area contributed by atoms with E-state index in [1.807, 2.05) is 0 Å². The monoisotopic (exact) mass is 470 g/mol. The molecule has 16 heteroatoms. The Morgan fingerprint density at radius 2 is 0.733 bits per heavy atom. The Balaban J connectivity index is 6.37. The minimum Gasteiger partial charge on any atom is -0.393 e. The maximum atomic E-state index is 13.5. The second-order valence-electron chi connectivity index (χ2n) is 5.67. The van der Waals surface area contributed by atoms with Gasteiger partial charge in [-0.3, -0.25) is 0 Å². The van der Waals surface area contributed by atoms with E-state index in [1.165, 1.54) is 0 Å². The molecule has 174 valence electrons. The largest absolute Gasteiger partial charge is 0.473 e. The van der Waals surface area contributed by atoms with Crippen LogP contribution in [0, 0.1) is 0 Å². The van der Waals surface area contributed by atoms with Crippen LogP contribution in [0.2, 0.25) is 0 Å². The number of hydrogen-bond acceptors (Lipinski definition) is 4. The molecular weight excluding hydrogens is 460 g/mol. The first kappa shape index (κ1) is 27.6. The third-order valence-corrected chi connectivity index (χ3v) is 3.05. The summed E-state index contributed by atoms with van der Waals surface area (Å²) in [5.74, 6) is -36.4. The van der Waals surface area contributed by atoms with Gasteiger partial charge in [-0.15, -0.1) is 0 Å². The first-order valence-corrected chi connectivity index (χ1v) is 6.95. The molecular formula is C14H10F12O4. The van der Waals surface area contributed by atoms with Crippen molar-refractivity contribution >= 4 is 11.9 Å².